The van der Waals surface area contributed by atoms with Crippen LogP contribution >= 0.6 is 24.0 Å². The van der Waals surface area contributed by atoms with Crippen molar-refractivity contribution in [2.75, 3.05) is 31.3 Å². The molecule has 22 heavy (non-hydrogen) atoms. The Morgan fingerprint density at radius 2 is 1.91 bits per heavy atom. The van der Waals surface area contributed by atoms with Gasteiger partial charge in [-0.25, -0.2) is 4.79 Å². The fourth-order valence-corrected chi connectivity index (χ4v) is 3.17. The number of amides is 1. The summed E-state index contributed by atoms with van der Waals surface area (Å²) < 4.78 is 5.41. The van der Waals surface area contributed by atoms with E-state index in [0.29, 0.717) is 11.3 Å². The molecule has 0 spiro atoms. The van der Waals surface area contributed by atoms with Crippen LogP contribution in [0.1, 0.15) is 23.2 Å². The second kappa shape index (κ2) is 8.14. The second-order valence-corrected chi connectivity index (χ2v) is 6.48. The molecule has 118 valence electrons. The average Bonchev–Trinajstić information content (AvgIpc) is 3.07. The third-order valence-electron chi connectivity index (χ3n) is 3.28. The number of anilines is 1. The minimum atomic E-state index is -0.399. The van der Waals surface area contributed by atoms with Gasteiger partial charge in [-0.2, -0.15) is 0 Å². The molecule has 1 aliphatic heterocycles. The molecule has 1 N–H and O–H groups in total. The first-order valence-electron chi connectivity index (χ1n) is 7.00. The minimum Gasteiger partial charge on any atom is -0.465 e. The van der Waals surface area contributed by atoms with Crippen molar-refractivity contribution in [1.29, 1.82) is 0 Å². The number of ether oxygens (including phenoxy) is 1. The van der Waals surface area contributed by atoms with Gasteiger partial charge in [-0.15, -0.1) is 0 Å². The molecule has 0 bridgehead atoms. The summed E-state index contributed by atoms with van der Waals surface area (Å²) in [4.78, 5) is 25.4. The van der Waals surface area contributed by atoms with E-state index in [9.17, 15) is 9.59 Å². The molecule has 0 unspecified atom stereocenters. The Hall–Kier alpha value is -1.60. The van der Waals surface area contributed by atoms with Gasteiger partial charge in [0.2, 0.25) is 5.91 Å². The quantitative estimate of drug-likeness (QED) is 0.672. The van der Waals surface area contributed by atoms with Crippen LogP contribution in [0.5, 0.6) is 0 Å². The summed E-state index contributed by atoms with van der Waals surface area (Å²) in [5.74, 6) is -0.226. The summed E-state index contributed by atoms with van der Waals surface area (Å²) in [6.45, 7) is 1.98. The molecule has 1 fully saturated rings. The van der Waals surface area contributed by atoms with E-state index in [1.54, 1.807) is 24.3 Å². The number of hydrogen-bond acceptors (Lipinski definition) is 5. The smallest absolute Gasteiger partial charge is 0.337 e. The van der Waals surface area contributed by atoms with Crippen molar-refractivity contribution in [1.82, 2.24) is 4.90 Å². The van der Waals surface area contributed by atoms with Crippen molar-refractivity contribution in [2.24, 2.45) is 0 Å². The van der Waals surface area contributed by atoms with Crippen LogP contribution in [0.25, 0.3) is 0 Å². The molecule has 0 aromatic heterocycles. The van der Waals surface area contributed by atoms with Crippen molar-refractivity contribution in [3.05, 3.63) is 29.8 Å². The first kappa shape index (κ1) is 16.8. The summed E-state index contributed by atoms with van der Waals surface area (Å²) >= 11 is 6.70. The number of esters is 1. The predicted molar refractivity (Wildman–Crippen MR) is 92.3 cm³/mol. The van der Waals surface area contributed by atoms with Crippen LogP contribution < -0.4 is 5.32 Å². The predicted octanol–water partition coefficient (Wildman–Crippen LogP) is 2.53. The normalized spacial score (nSPS) is 13.8. The molecule has 5 nitrogen and oxygen atoms in total. The Bertz CT molecular complexity index is 554. The molecular weight excluding hydrogens is 320 g/mol. The molecule has 7 heteroatoms. The SMILES string of the molecule is COC(=O)c1ccc(NC(=O)CSC(=S)N2CCCC2)cc1. The summed E-state index contributed by atoms with van der Waals surface area (Å²) in [5.41, 5.74) is 1.09. The number of nitrogens with one attached hydrogen (secondary N) is 1. The lowest BCUT2D eigenvalue weighted by Crippen LogP contribution is -2.25. The summed E-state index contributed by atoms with van der Waals surface area (Å²) in [7, 11) is 1.33. The van der Waals surface area contributed by atoms with Gasteiger partial charge < -0.3 is 15.0 Å². The Kier molecular flexibility index (Phi) is 6.21. The molecule has 1 aliphatic rings. The highest BCUT2D eigenvalue weighted by Gasteiger charge is 2.16. The molecule has 0 atom stereocenters. The van der Waals surface area contributed by atoms with E-state index in [-0.39, 0.29) is 11.7 Å². The average molecular weight is 338 g/mol. The van der Waals surface area contributed by atoms with E-state index in [2.05, 4.69) is 15.0 Å². The lowest BCUT2D eigenvalue weighted by molar-refractivity contribution is -0.113. The largest absolute Gasteiger partial charge is 0.465 e. The number of thiocarbonyl (C=S) groups is 1. The maximum absolute atomic E-state index is 11.9. The fourth-order valence-electron chi connectivity index (χ4n) is 2.12. The monoisotopic (exact) mass is 338 g/mol. The molecule has 0 radical (unpaired) electrons. The van der Waals surface area contributed by atoms with Crippen LogP contribution in [-0.4, -0.2) is 47.0 Å². The molecule has 1 aromatic rings. The maximum Gasteiger partial charge on any atom is 0.337 e. The van der Waals surface area contributed by atoms with Crippen LogP contribution in [0, 0.1) is 0 Å². The molecule has 1 amide bonds. The first-order valence-corrected chi connectivity index (χ1v) is 8.39. The Morgan fingerprint density at radius 3 is 2.50 bits per heavy atom. The van der Waals surface area contributed by atoms with Crippen LogP contribution in [0.4, 0.5) is 5.69 Å². The zero-order chi connectivity index (χ0) is 15.9. The minimum absolute atomic E-state index is 0.114. The van der Waals surface area contributed by atoms with Gasteiger partial charge in [0.05, 0.1) is 18.4 Å². The Labute approximate surface area is 139 Å². The molecule has 1 saturated heterocycles. The van der Waals surface area contributed by atoms with Crippen LogP contribution in [0.2, 0.25) is 0 Å². The van der Waals surface area contributed by atoms with E-state index in [4.69, 9.17) is 12.2 Å². The number of benzene rings is 1. The van der Waals surface area contributed by atoms with E-state index in [1.165, 1.54) is 31.7 Å². The summed E-state index contributed by atoms with van der Waals surface area (Å²) in [6.07, 6.45) is 2.33. The Balaban J connectivity index is 1.79. The van der Waals surface area contributed by atoms with Crippen molar-refractivity contribution in [3.63, 3.8) is 0 Å². The zero-order valence-corrected chi connectivity index (χ0v) is 14.0. The molecule has 1 heterocycles. The molecule has 0 aliphatic carbocycles. The van der Waals surface area contributed by atoms with Crippen LogP contribution in [0.3, 0.4) is 0 Å². The molecule has 2 rings (SSSR count). The lowest BCUT2D eigenvalue weighted by atomic mass is 10.2. The third kappa shape index (κ3) is 4.71. The van der Waals surface area contributed by atoms with Crippen LogP contribution in [-0.2, 0) is 9.53 Å². The van der Waals surface area contributed by atoms with Gasteiger partial charge in [-0.05, 0) is 37.1 Å². The van der Waals surface area contributed by atoms with Crippen molar-refractivity contribution < 1.29 is 14.3 Å². The number of carbonyl (C=O) groups is 2. The van der Waals surface area contributed by atoms with Gasteiger partial charge in [0.15, 0.2) is 0 Å². The highest BCUT2D eigenvalue weighted by atomic mass is 32.2. The van der Waals surface area contributed by atoms with Crippen molar-refractivity contribution in [2.45, 2.75) is 12.8 Å². The lowest BCUT2D eigenvalue weighted by Gasteiger charge is -2.17. The van der Waals surface area contributed by atoms with E-state index >= 15 is 0 Å². The van der Waals surface area contributed by atoms with Gasteiger partial charge in [0, 0.05) is 18.8 Å². The summed E-state index contributed by atoms with van der Waals surface area (Å²) in [5, 5.41) is 2.78. The van der Waals surface area contributed by atoms with Gasteiger partial charge in [-0.3, -0.25) is 4.79 Å². The van der Waals surface area contributed by atoms with E-state index in [0.717, 1.165) is 17.4 Å². The number of likely N-dealkylation sites (tertiary alicyclic amines) is 1. The van der Waals surface area contributed by atoms with Crippen LogP contribution in [0.15, 0.2) is 24.3 Å². The molecular formula is C15H18N2O3S2. The zero-order valence-electron chi connectivity index (χ0n) is 12.3. The topological polar surface area (TPSA) is 58.6 Å². The number of methoxy groups -OCH3 is 1. The second-order valence-electron chi connectivity index (χ2n) is 4.87. The standard InChI is InChI=1S/C15H18N2O3S2/c1-20-14(19)11-4-6-12(7-5-11)16-13(18)10-22-15(21)17-8-2-3-9-17/h4-7H,2-3,8-10H2,1H3,(H,16,18). The number of thioether (sulfide) groups is 1. The number of carbonyl (C=O) groups excluding carboxylic acids is 2. The van der Waals surface area contributed by atoms with E-state index in [1.807, 2.05) is 0 Å². The molecule has 1 aromatic carbocycles. The van der Waals surface area contributed by atoms with Gasteiger partial charge in [-0.1, -0.05) is 24.0 Å². The van der Waals surface area contributed by atoms with Gasteiger partial charge in [0.1, 0.15) is 4.32 Å². The van der Waals surface area contributed by atoms with Gasteiger partial charge >= 0.3 is 5.97 Å². The number of nitrogens with zero attached hydrogens (tertiary/aromatic N) is 1. The Morgan fingerprint density at radius 1 is 1.27 bits per heavy atom. The van der Waals surface area contributed by atoms with Gasteiger partial charge in [0.25, 0.3) is 0 Å². The molecule has 0 saturated carbocycles. The van der Waals surface area contributed by atoms with E-state index < -0.39 is 5.97 Å². The third-order valence-corrected chi connectivity index (χ3v) is 4.80. The highest BCUT2D eigenvalue weighted by Crippen LogP contribution is 2.17. The first-order chi connectivity index (χ1) is 10.6. The van der Waals surface area contributed by atoms with Crippen molar-refractivity contribution >= 4 is 45.9 Å². The fraction of sp³-hybridized carbons (Fsp3) is 0.400. The maximum atomic E-state index is 11.9. The highest BCUT2D eigenvalue weighted by molar-refractivity contribution is 8.23. The number of hydrogen-bond donors (Lipinski definition) is 1. The number of rotatable bonds is 4. The summed E-state index contributed by atoms with van der Waals surface area (Å²) in [6, 6.07) is 6.58. The van der Waals surface area contributed by atoms with Crippen molar-refractivity contribution in [3.8, 4) is 0 Å².